The van der Waals surface area contributed by atoms with Gasteiger partial charge in [0.25, 0.3) is 5.91 Å². The number of benzene rings is 2. The summed E-state index contributed by atoms with van der Waals surface area (Å²) in [5, 5.41) is 6.51. The maximum atomic E-state index is 13.7. The van der Waals surface area contributed by atoms with Crippen LogP contribution >= 0.6 is 0 Å². The van der Waals surface area contributed by atoms with E-state index in [-0.39, 0.29) is 24.0 Å². The minimum Gasteiger partial charge on any atom is -0.486 e. The standard InChI is InChI=1S/C18H19FN2O3/c1-3-20-18(22)17(21-23-2)14-9-5-4-8-13(14)12-24-16-11-7-6-10-15(16)19/h4-11H,3,12H2,1-2H3,(H,20,22)/b21-17-. The molecule has 2 aromatic carbocycles. The van der Waals surface area contributed by atoms with Gasteiger partial charge in [-0.25, -0.2) is 4.39 Å². The summed E-state index contributed by atoms with van der Waals surface area (Å²) in [5.41, 5.74) is 1.41. The topological polar surface area (TPSA) is 59.9 Å². The van der Waals surface area contributed by atoms with Gasteiger partial charge in [-0.3, -0.25) is 4.79 Å². The zero-order valence-corrected chi connectivity index (χ0v) is 13.6. The molecule has 126 valence electrons. The van der Waals surface area contributed by atoms with Crippen LogP contribution in [0.15, 0.2) is 53.7 Å². The lowest BCUT2D eigenvalue weighted by Crippen LogP contribution is -2.32. The second kappa shape index (κ2) is 8.67. The van der Waals surface area contributed by atoms with Crippen molar-refractivity contribution in [2.24, 2.45) is 5.16 Å². The number of carbonyl (C=O) groups is 1. The van der Waals surface area contributed by atoms with E-state index in [0.29, 0.717) is 17.7 Å². The van der Waals surface area contributed by atoms with Gasteiger partial charge < -0.3 is 14.9 Å². The largest absolute Gasteiger partial charge is 0.486 e. The first kappa shape index (κ1) is 17.5. The lowest BCUT2D eigenvalue weighted by molar-refractivity contribution is -0.114. The van der Waals surface area contributed by atoms with Crippen molar-refractivity contribution in [1.82, 2.24) is 5.32 Å². The molecule has 6 heteroatoms. The highest BCUT2D eigenvalue weighted by Crippen LogP contribution is 2.19. The molecule has 0 aliphatic carbocycles. The zero-order valence-electron chi connectivity index (χ0n) is 13.6. The summed E-state index contributed by atoms with van der Waals surface area (Å²) in [6.45, 7) is 2.38. The highest BCUT2D eigenvalue weighted by atomic mass is 19.1. The van der Waals surface area contributed by atoms with Crippen molar-refractivity contribution in [3.63, 3.8) is 0 Å². The Morgan fingerprint density at radius 1 is 1.17 bits per heavy atom. The van der Waals surface area contributed by atoms with Crippen LogP contribution in [0.5, 0.6) is 5.75 Å². The first-order valence-corrected chi connectivity index (χ1v) is 7.52. The molecule has 0 atom stereocenters. The molecule has 1 N–H and O–H groups in total. The van der Waals surface area contributed by atoms with Crippen molar-refractivity contribution in [3.05, 3.63) is 65.5 Å². The fraction of sp³-hybridized carbons (Fsp3) is 0.222. The number of amides is 1. The predicted octanol–water partition coefficient (Wildman–Crippen LogP) is 2.89. The summed E-state index contributed by atoms with van der Waals surface area (Å²) in [6, 6.07) is 13.3. The smallest absolute Gasteiger partial charge is 0.273 e. The number of likely N-dealkylation sites (N-methyl/N-ethyl adjacent to an activating group) is 1. The molecule has 2 rings (SSSR count). The zero-order chi connectivity index (χ0) is 17.4. The molecule has 0 spiro atoms. The summed E-state index contributed by atoms with van der Waals surface area (Å²) in [6.07, 6.45) is 0. The predicted molar refractivity (Wildman–Crippen MR) is 89.4 cm³/mol. The molecule has 0 saturated carbocycles. The van der Waals surface area contributed by atoms with Crippen LogP contribution in [0.4, 0.5) is 4.39 Å². The first-order chi connectivity index (χ1) is 11.7. The number of ether oxygens (including phenoxy) is 1. The van der Waals surface area contributed by atoms with E-state index >= 15 is 0 Å². The van der Waals surface area contributed by atoms with E-state index in [0.717, 1.165) is 0 Å². The van der Waals surface area contributed by atoms with Crippen LogP contribution in [0.25, 0.3) is 0 Å². The van der Waals surface area contributed by atoms with Gasteiger partial charge in [0.15, 0.2) is 17.3 Å². The van der Waals surface area contributed by atoms with Crippen LogP contribution in [0.1, 0.15) is 18.1 Å². The van der Waals surface area contributed by atoms with E-state index in [2.05, 4.69) is 10.5 Å². The number of nitrogens with one attached hydrogen (secondary N) is 1. The van der Waals surface area contributed by atoms with E-state index < -0.39 is 5.82 Å². The molecule has 24 heavy (non-hydrogen) atoms. The molecule has 0 bridgehead atoms. The normalized spacial score (nSPS) is 11.0. The number of carbonyl (C=O) groups excluding carboxylic acids is 1. The third-order valence-electron chi connectivity index (χ3n) is 3.23. The Hall–Kier alpha value is -2.89. The number of hydrogen-bond acceptors (Lipinski definition) is 4. The summed E-state index contributed by atoms with van der Waals surface area (Å²) in [4.78, 5) is 17.0. The van der Waals surface area contributed by atoms with Crippen LogP contribution in [0.3, 0.4) is 0 Å². The van der Waals surface area contributed by atoms with Gasteiger partial charge in [-0.2, -0.15) is 0 Å². The van der Waals surface area contributed by atoms with Crippen molar-refractivity contribution >= 4 is 11.6 Å². The molecule has 0 unspecified atom stereocenters. The Kier molecular flexibility index (Phi) is 6.31. The molecule has 5 nitrogen and oxygen atoms in total. The highest BCUT2D eigenvalue weighted by Gasteiger charge is 2.18. The Morgan fingerprint density at radius 2 is 1.88 bits per heavy atom. The lowest BCUT2D eigenvalue weighted by Gasteiger charge is -2.12. The summed E-state index contributed by atoms with van der Waals surface area (Å²) >= 11 is 0. The number of halogens is 1. The van der Waals surface area contributed by atoms with Gasteiger partial charge in [-0.1, -0.05) is 41.6 Å². The molecule has 0 fully saturated rings. The van der Waals surface area contributed by atoms with Crippen molar-refractivity contribution in [3.8, 4) is 5.75 Å². The quantitative estimate of drug-likeness (QED) is 0.627. The number of nitrogens with zero attached hydrogens (tertiary/aromatic N) is 1. The van der Waals surface area contributed by atoms with Crippen LogP contribution in [-0.4, -0.2) is 25.3 Å². The van der Waals surface area contributed by atoms with Crippen molar-refractivity contribution < 1.29 is 18.8 Å². The molecule has 0 aromatic heterocycles. The summed E-state index contributed by atoms with van der Waals surface area (Å²) < 4.78 is 19.2. The van der Waals surface area contributed by atoms with Crippen molar-refractivity contribution in [2.75, 3.05) is 13.7 Å². The van der Waals surface area contributed by atoms with E-state index in [9.17, 15) is 9.18 Å². The monoisotopic (exact) mass is 330 g/mol. The molecule has 0 radical (unpaired) electrons. The number of para-hydroxylation sites is 1. The Balaban J connectivity index is 2.27. The Morgan fingerprint density at radius 3 is 2.58 bits per heavy atom. The SMILES string of the molecule is CCNC(=O)/C(=N\OC)c1ccccc1COc1ccccc1F. The van der Waals surface area contributed by atoms with Crippen LogP contribution in [-0.2, 0) is 16.2 Å². The van der Waals surface area contributed by atoms with E-state index in [1.165, 1.54) is 13.2 Å². The third kappa shape index (κ3) is 4.32. The maximum absolute atomic E-state index is 13.7. The minimum absolute atomic E-state index is 0.0965. The molecule has 1 amide bonds. The highest BCUT2D eigenvalue weighted by molar-refractivity contribution is 6.45. The summed E-state index contributed by atoms with van der Waals surface area (Å²) in [5.74, 6) is -0.641. The molecule has 2 aromatic rings. The number of rotatable bonds is 7. The fourth-order valence-electron chi connectivity index (χ4n) is 2.14. The minimum atomic E-state index is -0.440. The molecule has 0 saturated heterocycles. The van der Waals surface area contributed by atoms with Gasteiger partial charge >= 0.3 is 0 Å². The second-order valence-electron chi connectivity index (χ2n) is 4.86. The van der Waals surface area contributed by atoms with Gasteiger partial charge in [0.1, 0.15) is 13.7 Å². The molecular weight excluding hydrogens is 311 g/mol. The third-order valence-corrected chi connectivity index (χ3v) is 3.23. The van der Waals surface area contributed by atoms with Gasteiger partial charge in [0.2, 0.25) is 0 Å². The van der Waals surface area contributed by atoms with Crippen molar-refractivity contribution in [2.45, 2.75) is 13.5 Å². The molecular formula is C18H19FN2O3. The lowest BCUT2D eigenvalue weighted by atomic mass is 10.0. The molecule has 0 aliphatic heterocycles. The first-order valence-electron chi connectivity index (χ1n) is 7.52. The molecule has 0 heterocycles. The van der Waals surface area contributed by atoms with E-state index in [1.807, 2.05) is 13.0 Å². The summed E-state index contributed by atoms with van der Waals surface area (Å²) in [7, 11) is 1.37. The van der Waals surface area contributed by atoms with Gasteiger partial charge in [0, 0.05) is 12.1 Å². The number of hydrogen-bond donors (Lipinski definition) is 1. The molecule has 0 aliphatic rings. The van der Waals surface area contributed by atoms with E-state index in [4.69, 9.17) is 9.57 Å². The average molecular weight is 330 g/mol. The van der Waals surface area contributed by atoms with Gasteiger partial charge in [0.05, 0.1) is 0 Å². The van der Waals surface area contributed by atoms with Crippen molar-refractivity contribution in [1.29, 1.82) is 0 Å². The van der Waals surface area contributed by atoms with E-state index in [1.54, 1.807) is 36.4 Å². The maximum Gasteiger partial charge on any atom is 0.273 e. The van der Waals surface area contributed by atoms with Gasteiger partial charge in [-0.15, -0.1) is 0 Å². The fourth-order valence-corrected chi connectivity index (χ4v) is 2.14. The average Bonchev–Trinajstić information content (AvgIpc) is 2.59. The van der Waals surface area contributed by atoms with Crippen LogP contribution in [0, 0.1) is 5.82 Å². The second-order valence-corrected chi connectivity index (χ2v) is 4.86. The van der Waals surface area contributed by atoms with Crippen LogP contribution in [0.2, 0.25) is 0 Å². The van der Waals surface area contributed by atoms with Crippen LogP contribution < -0.4 is 10.1 Å². The Labute approximate surface area is 140 Å². The number of oxime groups is 1. The van der Waals surface area contributed by atoms with Gasteiger partial charge in [-0.05, 0) is 24.6 Å². The Bertz CT molecular complexity index is 732.